The molecule has 0 radical (unpaired) electrons. The lowest BCUT2D eigenvalue weighted by atomic mass is 10.2. The third-order valence-corrected chi connectivity index (χ3v) is 6.47. The summed E-state index contributed by atoms with van der Waals surface area (Å²) in [6.07, 6.45) is 1.55. The third kappa shape index (κ3) is 4.40. The number of hydrogen-bond donors (Lipinski definition) is 1. The summed E-state index contributed by atoms with van der Waals surface area (Å²) in [7, 11) is -3.70. The second-order valence-electron chi connectivity index (χ2n) is 6.39. The SMILES string of the molecule is C=CCNC(=O)c1cccc(S(=O)(=O)N2CCN(c3ccc(F)cc3)CC2)c1. The molecule has 0 aromatic heterocycles. The number of rotatable bonds is 6. The van der Waals surface area contributed by atoms with Gasteiger partial charge in [0.25, 0.3) is 5.91 Å². The van der Waals surface area contributed by atoms with Gasteiger partial charge in [-0.2, -0.15) is 4.31 Å². The highest BCUT2D eigenvalue weighted by molar-refractivity contribution is 7.89. The molecule has 2 aromatic carbocycles. The van der Waals surface area contributed by atoms with E-state index in [0.717, 1.165) is 5.69 Å². The summed E-state index contributed by atoms with van der Waals surface area (Å²) in [6.45, 7) is 5.48. The number of anilines is 1. The van der Waals surface area contributed by atoms with Crippen LogP contribution in [0.25, 0.3) is 0 Å². The van der Waals surface area contributed by atoms with Gasteiger partial charge < -0.3 is 10.2 Å². The second kappa shape index (κ2) is 8.53. The Morgan fingerprint density at radius 3 is 2.43 bits per heavy atom. The molecule has 3 rings (SSSR count). The number of nitrogens with one attached hydrogen (secondary N) is 1. The third-order valence-electron chi connectivity index (χ3n) is 4.57. The van der Waals surface area contributed by atoms with E-state index in [2.05, 4.69) is 11.9 Å². The molecule has 1 amide bonds. The van der Waals surface area contributed by atoms with Gasteiger partial charge in [0.15, 0.2) is 0 Å². The minimum Gasteiger partial charge on any atom is -0.369 e. The van der Waals surface area contributed by atoms with E-state index >= 15 is 0 Å². The van der Waals surface area contributed by atoms with E-state index in [1.807, 2.05) is 4.90 Å². The molecule has 148 valence electrons. The molecule has 0 spiro atoms. The molecule has 8 heteroatoms. The molecule has 1 heterocycles. The maximum absolute atomic E-state index is 13.1. The van der Waals surface area contributed by atoms with E-state index in [1.54, 1.807) is 30.3 Å². The number of benzene rings is 2. The van der Waals surface area contributed by atoms with Crippen LogP contribution in [0.1, 0.15) is 10.4 Å². The average molecular weight is 403 g/mol. The Hall–Kier alpha value is -2.71. The van der Waals surface area contributed by atoms with E-state index in [-0.39, 0.29) is 22.2 Å². The molecule has 0 saturated carbocycles. The van der Waals surface area contributed by atoms with Crippen LogP contribution in [-0.4, -0.2) is 51.4 Å². The van der Waals surface area contributed by atoms with Crippen molar-refractivity contribution in [3.63, 3.8) is 0 Å². The summed E-state index contributed by atoms with van der Waals surface area (Å²) in [4.78, 5) is 14.2. The number of amides is 1. The molecule has 0 atom stereocenters. The first-order valence-corrected chi connectivity index (χ1v) is 10.4. The molecular weight excluding hydrogens is 381 g/mol. The summed E-state index contributed by atoms with van der Waals surface area (Å²) in [5.74, 6) is -0.653. The predicted octanol–water partition coefficient (Wildman–Crippen LogP) is 2.25. The van der Waals surface area contributed by atoms with Gasteiger partial charge >= 0.3 is 0 Å². The van der Waals surface area contributed by atoms with Gasteiger partial charge in [0.1, 0.15) is 5.82 Å². The monoisotopic (exact) mass is 403 g/mol. The minimum atomic E-state index is -3.70. The van der Waals surface area contributed by atoms with Crippen molar-refractivity contribution in [3.8, 4) is 0 Å². The Bertz CT molecular complexity index is 953. The molecule has 1 N–H and O–H groups in total. The van der Waals surface area contributed by atoms with Crippen LogP contribution in [0, 0.1) is 5.82 Å². The normalized spacial score (nSPS) is 15.2. The van der Waals surface area contributed by atoms with Crippen LogP contribution >= 0.6 is 0 Å². The van der Waals surface area contributed by atoms with E-state index < -0.39 is 10.0 Å². The standard InChI is InChI=1S/C20H22FN3O3S/c1-2-10-22-20(25)16-4-3-5-19(15-16)28(26,27)24-13-11-23(12-14-24)18-8-6-17(21)7-9-18/h2-9,15H,1,10-14H2,(H,22,25). The summed E-state index contributed by atoms with van der Waals surface area (Å²) < 4.78 is 40.4. The molecule has 28 heavy (non-hydrogen) atoms. The maximum Gasteiger partial charge on any atom is 0.251 e. The van der Waals surface area contributed by atoms with Crippen LogP contribution in [0.2, 0.25) is 0 Å². The van der Waals surface area contributed by atoms with Crippen LogP contribution < -0.4 is 10.2 Å². The Morgan fingerprint density at radius 1 is 1.11 bits per heavy atom. The fourth-order valence-corrected chi connectivity index (χ4v) is 4.52. The first kappa shape index (κ1) is 20.0. The van der Waals surface area contributed by atoms with Crippen LogP contribution in [0.3, 0.4) is 0 Å². The lowest BCUT2D eigenvalue weighted by molar-refractivity contribution is 0.0958. The molecule has 1 fully saturated rings. The maximum atomic E-state index is 13.1. The van der Waals surface area contributed by atoms with Gasteiger partial charge in [0, 0.05) is 44.0 Å². The summed E-state index contributed by atoms with van der Waals surface area (Å²) in [5.41, 5.74) is 1.15. The Labute approximate surface area is 164 Å². The highest BCUT2D eigenvalue weighted by atomic mass is 32.2. The molecule has 1 saturated heterocycles. The highest BCUT2D eigenvalue weighted by Crippen LogP contribution is 2.22. The zero-order valence-corrected chi connectivity index (χ0v) is 16.2. The fourth-order valence-electron chi connectivity index (χ4n) is 3.05. The average Bonchev–Trinajstić information content (AvgIpc) is 2.72. The Kier molecular flexibility index (Phi) is 6.11. The molecule has 1 aliphatic rings. The van der Waals surface area contributed by atoms with Crippen LogP contribution in [0.5, 0.6) is 0 Å². The smallest absolute Gasteiger partial charge is 0.251 e. The Morgan fingerprint density at radius 2 is 1.79 bits per heavy atom. The summed E-state index contributed by atoms with van der Waals surface area (Å²) in [5, 5.41) is 2.64. The van der Waals surface area contributed by atoms with Gasteiger partial charge in [-0.25, -0.2) is 12.8 Å². The van der Waals surface area contributed by atoms with Crippen molar-refractivity contribution >= 4 is 21.6 Å². The van der Waals surface area contributed by atoms with Crippen molar-refractivity contribution in [1.82, 2.24) is 9.62 Å². The van der Waals surface area contributed by atoms with Gasteiger partial charge in [-0.1, -0.05) is 12.1 Å². The largest absolute Gasteiger partial charge is 0.369 e. The topological polar surface area (TPSA) is 69.7 Å². The summed E-state index contributed by atoms with van der Waals surface area (Å²) in [6, 6.07) is 12.2. The van der Waals surface area contributed by atoms with E-state index in [4.69, 9.17) is 0 Å². The number of halogens is 1. The van der Waals surface area contributed by atoms with Crippen molar-refractivity contribution in [1.29, 1.82) is 0 Å². The number of carbonyl (C=O) groups is 1. The van der Waals surface area contributed by atoms with Crippen molar-refractivity contribution < 1.29 is 17.6 Å². The number of carbonyl (C=O) groups excluding carboxylic acids is 1. The van der Waals surface area contributed by atoms with Crippen molar-refractivity contribution in [2.75, 3.05) is 37.6 Å². The molecule has 0 unspecified atom stereocenters. The highest BCUT2D eigenvalue weighted by Gasteiger charge is 2.29. The quantitative estimate of drug-likeness (QED) is 0.751. The van der Waals surface area contributed by atoms with Gasteiger partial charge in [0.2, 0.25) is 10.0 Å². The van der Waals surface area contributed by atoms with E-state index in [1.165, 1.54) is 28.6 Å². The lowest BCUT2D eigenvalue weighted by Gasteiger charge is -2.35. The second-order valence-corrected chi connectivity index (χ2v) is 8.33. The van der Waals surface area contributed by atoms with Gasteiger partial charge in [-0.3, -0.25) is 4.79 Å². The number of hydrogen-bond acceptors (Lipinski definition) is 4. The van der Waals surface area contributed by atoms with E-state index in [0.29, 0.717) is 32.7 Å². The van der Waals surface area contributed by atoms with Gasteiger partial charge in [-0.05, 0) is 42.5 Å². The fraction of sp³-hybridized carbons (Fsp3) is 0.250. The molecule has 0 bridgehead atoms. The summed E-state index contributed by atoms with van der Waals surface area (Å²) >= 11 is 0. The minimum absolute atomic E-state index is 0.0917. The Balaban J connectivity index is 1.71. The zero-order valence-electron chi connectivity index (χ0n) is 15.3. The van der Waals surface area contributed by atoms with Crippen molar-refractivity contribution in [2.24, 2.45) is 0 Å². The first-order chi connectivity index (χ1) is 13.4. The van der Waals surface area contributed by atoms with Crippen LogP contribution in [0.4, 0.5) is 10.1 Å². The predicted molar refractivity (Wildman–Crippen MR) is 106 cm³/mol. The molecule has 0 aliphatic carbocycles. The number of nitrogens with zero attached hydrogens (tertiary/aromatic N) is 2. The van der Waals surface area contributed by atoms with Crippen LogP contribution in [0.15, 0.2) is 66.1 Å². The van der Waals surface area contributed by atoms with Gasteiger partial charge in [0.05, 0.1) is 4.90 Å². The molecular formula is C20H22FN3O3S. The first-order valence-electron chi connectivity index (χ1n) is 8.91. The number of sulfonamides is 1. The molecule has 1 aliphatic heterocycles. The van der Waals surface area contributed by atoms with E-state index in [9.17, 15) is 17.6 Å². The molecule has 2 aromatic rings. The van der Waals surface area contributed by atoms with Crippen molar-refractivity contribution in [3.05, 3.63) is 72.6 Å². The van der Waals surface area contributed by atoms with Gasteiger partial charge in [-0.15, -0.1) is 6.58 Å². The van der Waals surface area contributed by atoms with Crippen LogP contribution in [-0.2, 0) is 10.0 Å². The zero-order chi connectivity index (χ0) is 20.1. The molecule has 6 nitrogen and oxygen atoms in total. The van der Waals surface area contributed by atoms with Crippen molar-refractivity contribution in [2.45, 2.75) is 4.90 Å². The lowest BCUT2D eigenvalue weighted by Crippen LogP contribution is -2.48. The number of piperazine rings is 1.